The first-order valence-corrected chi connectivity index (χ1v) is 5.92. The van der Waals surface area contributed by atoms with Crippen LogP contribution in [0.4, 0.5) is 0 Å². The molecule has 17 heavy (non-hydrogen) atoms. The Morgan fingerprint density at radius 3 is 2.59 bits per heavy atom. The van der Waals surface area contributed by atoms with Crippen LogP contribution in [0.2, 0.25) is 0 Å². The molecule has 2 rings (SSSR count). The Morgan fingerprint density at radius 1 is 1.41 bits per heavy atom. The summed E-state index contributed by atoms with van der Waals surface area (Å²) in [7, 11) is 1.41. The second kappa shape index (κ2) is 4.15. The van der Waals surface area contributed by atoms with Crippen molar-refractivity contribution in [3.05, 3.63) is 34.4 Å². The van der Waals surface area contributed by atoms with Gasteiger partial charge in [-0.1, -0.05) is 6.07 Å². The third-order valence-electron chi connectivity index (χ3n) is 3.58. The zero-order valence-corrected chi connectivity index (χ0v) is 10.7. The van der Waals surface area contributed by atoms with Crippen molar-refractivity contribution in [1.29, 1.82) is 0 Å². The number of hydrogen-bond acceptors (Lipinski definition) is 3. The van der Waals surface area contributed by atoms with E-state index in [1.165, 1.54) is 7.11 Å². The maximum atomic E-state index is 11.7. The summed E-state index contributed by atoms with van der Waals surface area (Å²) in [6.45, 7) is 3.96. The lowest BCUT2D eigenvalue weighted by atomic mass is 9.95. The molecule has 92 valence electrons. The molecule has 0 heterocycles. The summed E-state index contributed by atoms with van der Waals surface area (Å²) in [5.74, 6) is -0.269. The van der Waals surface area contributed by atoms with Crippen molar-refractivity contribution < 1.29 is 9.53 Å². The minimum atomic E-state index is -0.269. The highest BCUT2D eigenvalue weighted by molar-refractivity contribution is 5.91. The molecule has 2 N–H and O–H groups in total. The molecule has 1 aromatic carbocycles. The Balaban J connectivity index is 2.35. The van der Waals surface area contributed by atoms with Crippen LogP contribution in [-0.2, 0) is 11.2 Å². The minimum absolute atomic E-state index is 0.0327. The molecule has 1 aliphatic rings. The third-order valence-corrected chi connectivity index (χ3v) is 3.58. The van der Waals surface area contributed by atoms with Crippen LogP contribution in [0, 0.1) is 13.8 Å². The number of ether oxygens (including phenoxy) is 1. The van der Waals surface area contributed by atoms with E-state index in [2.05, 4.69) is 6.07 Å². The van der Waals surface area contributed by atoms with Crippen molar-refractivity contribution in [2.75, 3.05) is 7.11 Å². The van der Waals surface area contributed by atoms with E-state index in [1.807, 2.05) is 19.9 Å². The average Bonchev–Trinajstić information content (AvgIpc) is 3.00. The van der Waals surface area contributed by atoms with Crippen molar-refractivity contribution in [2.24, 2.45) is 5.73 Å². The predicted octanol–water partition coefficient (Wildman–Crippen LogP) is 2.12. The summed E-state index contributed by atoms with van der Waals surface area (Å²) in [5, 5.41) is 0. The molecule has 0 radical (unpaired) electrons. The topological polar surface area (TPSA) is 52.3 Å². The molecule has 0 bridgehead atoms. The van der Waals surface area contributed by atoms with Gasteiger partial charge in [0, 0.05) is 5.54 Å². The molecule has 1 aliphatic carbocycles. The number of carbonyl (C=O) groups is 1. The average molecular weight is 233 g/mol. The maximum Gasteiger partial charge on any atom is 0.338 e. The van der Waals surface area contributed by atoms with Crippen LogP contribution in [-0.4, -0.2) is 18.6 Å². The lowest BCUT2D eigenvalue weighted by Crippen LogP contribution is -2.24. The number of carbonyl (C=O) groups excluding carboxylic acids is 1. The molecule has 0 aromatic heterocycles. The van der Waals surface area contributed by atoms with Crippen LogP contribution < -0.4 is 5.73 Å². The van der Waals surface area contributed by atoms with Crippen LogP contribution in [0.5, 0.6) is 0 Å². The van der Waals surface area contributed by atoms with E-state index in [4.69, 9.17) is 10.5 Å². The summed E-state index contributed by atoms with van der Waals surface area (Å²) in [6, 6.07) is 4.04. The molecule has 1 aromatic rings. The van der Waals surface area contributed by atoms with Crippen molar-refractivity contribution in [3.8, 4) is 0 Å². The van der Waals surface area contributed by atoms with Crippen LogP contribution in [0.3, 0.4) is 0 Å². The van der Waals surface area contributed by atoms with Gasteiger partial charge >= 0.3 is 5.97 Å². The highest BCUT2D eigenvalue weighted by Crippen LogP contribution is 2.36. The number of hydrogen-bond donors (Lipinski definition) is 1. The molecule has 1 fully saturated rings. The SMILES string of the molecule is COC(=O)c1cc(CC2(N)CC2)cc(C)c1C. The summed E-state index contributed by atoms with van der Waals surface area (Å²) < 4.78 is 4.80. The van der Waals surface area contributed by atoms with Gasteiger partial charge in [0.25, 0.3) is 0 Å². The molecule has 0 spiro atoms. The molecule has 0 amide bonds. The zero-order valence-electron chi connectivity index (χ0n) is 10.7. The Bertz CT molecular complexity index is 462. The van der Waals surface area contributed by atoms with Gasteiger partial charge in [-0.2, -0.15) is 0 Å². The van der Waals surface area contributed by atoms with E-state index in [0.29, 0.717) is 5.56 Å². The second-order valence-corrected chi connectivity index (χ2v) is 5.12. The predicted molar refractivity (Wildman–Crippen MR) is 67.1 cm³/mol. The number of benzene rings is 1. The minimum Gasteiger partial charge on any atom is -0.465 e. The van der Waals surface area contributed by atoms with Crippen molar-refractivity contribution in [2.45, 2.75) is 38.6 Å². The third kappa shape index (κ3) is 2.50. The molecular weight excluding hydrogens is 214 g/mol. The Morgan fingerprint density at radius 2 is 2.06 bits per heavy atom. The number of aryl methyl sites for hydroxylation is 1. The quantitative estimate of drug-likeness (QED) is 0.814. The van der Waals surface area contributed by atoms with Crippen LogP contribution >= 0.6 is 0 Å². The molecule has 3 heteroatoms. The highest BCUT2D eigenvalue weighted by Gasteiger charge is 2.38. The van der Waals surface area contributed by atoms with Crippen LogP contribution in [0.25, 0.3) is 0 Å². The first-order valence-electron chi connectivity index (χ1n) is 5.92. The van der Waals surface area contributed by atoms with Crippen LogP contribution in [0.1, 0.15) is 39.9 Å². The Kier molecular flexibility index (Phi) is 2.96. The van der Waals surface area contributed by atoms with Gasteiger partial charge in [0.15, 0.2) is 0 Å². The molecule has 0 saturated heterocycles. The van der Waals surface area contributed by atoms with Gasteiger partial charge in [-0.15, -0.1) is 0 Å². The molecule has 1 saturated carbocycles. The van der Waals surface area contributed by atoms with E-state index in [0.717, 1.165) is 36.0 Å². The number of nitrogens with two attached hydrogens (primary N) is 1. The van der Waals surface area contributed by atoms with E-state index in [1.54, 1.807) is 0 Å². The first kappa shape index (κ1) is 12.1. The monoisotopic (exact) mass is 233 g/mol. The van der Waals surface area contributed by atoms with Gasteiger partial charge < -0.3 is 10.5 Å². The fraction of sp³-hybridized carbons (Fsp3) is 0.500. The molecule has 0 atom stereocenters. The fourth-order valence-corrected chi connectivity index (χ4v) is 2.10. The summed E-state index contributed by atoms with van der Waals surface area (Å²) in [5.41, 5.74) is 9.97. The standard InChI is InChI=1S/C14H19NO2/c1-9-6-11(8-14(15)4-5-14)7-12(10(9)2)13(16)17-3/h6-7H,4-5,8,15H2,1-3H3. The van der Waals surface area contributed by atoms with Gasteiger partial charge in [-0.05, 0) is 55.9 Å². The van der Waals surface area contributed by atoms with Gasteiger partial charge in [-0.3, -0.25) is 0 Å². The van der Waals surface area contributed by atoms with Crippen molar-refractivity contribution in [1.82, 2.24) is 0 Å². The smallest absolute Gasteiger partial charge is 0.338 e. The van der Waals surface area contributed by atoms with Crippen LogP contribution in [0.15, 0.2) is 12.1 Å². The van der Waals surface area contributed by atoms with Crippen molar-refractivity contribution >= 4 is 5.97 Å². The van der Waals surface area contributed by atoms with Gasteiger partial charge in [0.05, 0.1) is 12.7 Å². The highest BCUT2D eigenvalue weighted by atomic mass is 16.5. The van der Waals surface area contributed by atoms with E-state index >= 15 is 0 Å². The number of esters is 1. The number of methoxy groups -OCH3 is 1. The lowest BCUT2D eigenvalue weighted by Gasteiger charge is -2.13. The summed E-state index contributed by atoms with van der Waals surface area (Å²) in [6.07, 6.45) is 3.00. The van der Waals surface area contributed by atoms with Gasteiger partial charge in [0.1, 0.15) is 0 Å². The Hall–Kier alpha value is -1.35. The Labute approximate surface area is 102 Å². The molecule has 3 nitrogen and oxygen atoms in total. The van der Waals surface area contributed by atoms with E-state index in [-0.39, 0.29) is 11.5 Å². The van der Waals surface area contributed by atoms with Gasteiger partial charge in [-0.25, -0.2) is 4.79 Å². The normalized spacial score (nSPS) is 16.7. The summed E-state index contributed by atoms with van der Waals surface area (Å²) >= 11 is 0. The number of rotatable bonds is 3. The van der Waals surface area contributed by atoms with E-state index in [9.17, 15) is 4.79 Å². The van der Waals surface area contributed by atoms with E-state index < -0.39 is 0 Å². The molecular formula is C14H19NO2. The first-order chi connectivity index (χ1) is 7.95. The zero-order chi connectivity index (χ0) is 12.6. The largest absolute Gasteiger partial charge is 0.465 e. The second-order valence-electron chi connectivity index (χ2n) is 5.12. The molecule has 0 unspecified atom stereocenters. The summed E-state index contributed by atoms with van der Waals surface area (Å²) in [4.78, 5) is 11.7. The fourth-order valence-electron chi connectivity index (χ4n) is 2.10. The van der Waals surface area contributed by atoms with Gasteiger partial charge in [0.2, 0.25) is 0 Å². The molecule has 0 aliphatic heterocycles. The lowest BCUT2D eigenvalue weighted by molar-refractivity contribution is 0.0599. The maximum absolute atomic E-state index is 11.7. The van der Waals surface area contributed by atoms with Crippen molar-refractivity contribution in [3.63, 3.8) is 0 Å².